The maximum atomic E-state index is 11.1. The van der Waals surface area contributed by atoms with Crippen LogP contribution in [0, 0.1) is 0 Å². The zero-order valence-corrected chi connectivity index (χ0v) is 10.7. The molecule has 1 aromatic carbocycles. The van der Waals surface area contributed by atoms with Gasteiger partial charge in [0.1, 0.15) is 19.0 Å². The molecular weight excluding hydrogens is 232 g/mol. The van der Waals surface area contributed by atoms with E-state index in [-0.39, 0.29) is 13.2 Å². The lowest BCUT2D eigenvalue weighted by Crippen LogP contribution is -2.12. The largest absolute Gasteiger partial charge is 0.490 e. The van der Waals surface area contributed by atoms with Crippen LogP contribution in [0.4, 0.5) is 0 Å². The van der Waals surface area contributed by atoms with Crippen molar-refractivity contribution in [3.63, 3.8) is 0 Å². The van der Waals surface area contributed by atoms with Gasteiger partial charge in [-0.1, -0.05) is 18.7 Å². The molecule has 0 saturated carbocycles. The van der Waals surface area contributed by atoms with Crippen molar-refractivity contribution in [3.05, 3.63) is 42.0 Å². The zero-order valence-electron chi connectivity index (χ0n) is 10.7. The third kappa shape index (κ3) is 4.59. The average molecular weight is 250 g/mol. The van der Waals surface area contributed by atoms with Crippen LogP contribution >= 0.6 is 0 Å². The first-order valence-corrected chi connectivity index (χ1v) is 5.74. The Hall–Kier alpha value is -1.81. The van der Waals surface area contributed by atoms with Crippen molar-refractivity contribution >= 4 is 5.97 Å². The van der Waals surface area contributed by atoms with E-state index in [0.29, 0.717) is 11.3 Å². The van der Waals surface area contributed by atoms with E-state index in [1.165, 1.54) is 0 Å². The van der Waals surface area contributed by atoms with Gasteiger partial charge in [0.15, 0.2) is 0 Å². The number of aliphatic hydroxyl groups excluding tert-OH is 1. The first-order valence-electron chi connectivity index (χ1n) is 5.74. The van der Waals surface area contributed by atoms with Crippen molar-refractivity contribution in [2.24, 2.45) is 0 Å². The molecule has 0 radical (unpaired) electrons. The molecule has 1 rings (SSSR count). The van der Waals surface area contributed by atoms with Gasteiger partial charge in [-0.3, -0.25) is 0 Å². The average Bonchev–Trinajstić information content (AvgIpc) is 2.34. The van der Waals surface area contributed by atoms with Crippen LogP contribution in [-0.2, 0) is 9.53 Å². The smallest absolute Gasteiger partial charge is 0.333 e. The molecule has 0 spiro atoms. The lowest BCUT2D eigenvalue weighted by atomic mass is 10.1. The molecule has 0 aromatic heterocycles. The molecule has 0 heterocycles. The van der Waals surface area contributed by atoms with E-state index in [1.807, 2.05) is 0 Å². The first-order chi connectivity index (χ1) is 8.50. The quantitative estimate of drug-likeness (QED) is 0.478. The SMILES string of the molecule is C=C(C)C(=O)OCCOc1ccc(C(C)O)cc1. The Morgan fingerprint density at radius 2 is 1.94 bits per heavy atom. The molecule has 0 fully saturated rings. The lowest BCUT2D eigenvalue weighted by Gasteiger charge is -2.09. The van der Waals surface area contributed by atoms with Crippen LogP contribution in [0.1, 0.15) is 25.5 Å². The number of ether oxygens (including phenoxy) is 2. The van der Waals surface area contributed by atoms with Gasteiger partial charge in [-0.15, -0.1) is 0 Å². The van der Waals surface area contributed by atoms with E-state index in [9.17, 15) is 9.90 Å². The normalized spacial score (nSPS) is 11.7. The lowest BCUT2D eigenvalue weighted by molar-refractivity contribution is -0.139. The van der Waals surface area contributed by atoms with Crippen LogP contribution in [-0.4, -0.2) is 24.3 Å². The number of hydrogen-bond donors (Lipinski definition) is 1. The predicted octanol–water partition coefficient (Wildman–Crippen LogP) is 2.24. The van der Waals surface area contributed by atoms with E-state index in [4.69, 9.17) is 9.47 Å². The van der Waals surface area contributed by atoms with Crippen molar-refractivity contribution < 1.29 is 19.4 Å². The summed E-state index contributed by atoms with van der Waals surface area (Å²) in [6.45, 7) is 7.24. The summed E-state index contributed by atoms with van der Waals surface area (Å²) in [6.07, 6.45) is -0.490. The predicted molar refractivity (Wildman–Crippen MR) is 68.3 cm³/mol. The summed E-state index contributed by atoms with van der Waals surface area (Å²) >= 11 is 0. The van der Waals surface area contributed by atoms with Crippen molar-refractivity contribution in [1.82, 2.24) is 0 Å². The van der Waals surface area contributed by atoms with Gasteiger partial charge in [-0.25, -0.2) is 4.79 Å². The topological polar surface area (TPSA) is 55.8 Å². The number of carbonyl (C=O) groups is 1. The highest BCUT2D eigenvalue weighted by Crippen LogP contribution is 2.17. The molecule has 0 aliphatic heterocycles. The Labute approximate surface area is 107 Å². The monoisotopic (exact) mass is 250 g/mol. The van der Waals surface area contributed by atoms with Gasteiger partial charge in [-0.05, 0) is 31.5 Å². The Bertz CT molecular complexity index is 406. The molecule has 1 unspecified atom stereocenters. The summed E-state index contributed by atoms with van der Waals surface area (Å²) in [6, 6.07) is 7.12. The summed E-state index contributed by atoms with van der Waals surface area (Å²) in [7, 11) is 0. The van der Waals surface area contributed by atoms with Gasteiger partial charge < -0.3 is 14.6 Å². The number of hydrogen-bond acceptors (Lipinski definition) is 4. The van der Waals surface area contributed by atoms with Crippen molar-refractivity contribution in [2.75, 3.05) is 13.2 Å². The van der Waals surface area contributed by atoms with Crippen LogP contribution in [0.2, 0.25) is 0 Å². The molecule has 0 aliphatic rings. The van der Waals surface area contributed by atoms with Crippen molar-refractivity contribution in [3.8, 4) is 5.75 Å². The molecule has 0 bridgehead atoms. The van der Waals surface area contributed by atoms with Gasteiger partial charge in [0.25, 0.3) is 0 Å². The van der Waals surface area contributed by atoms with Crippen LogP contribution in [0.25, 0.3) is 0 Å². The zero-order chi connectivity index (χ0) is 13.5. The van der Waals surface area contributed by atoms with Crippen molar-refractivity contribution in [1.29, 1.82) is 0 Å². The summed E-state index contributed by atoms with van der Waals surface area (Å²) in [5.74, 6) is 0.258. The molecule has 1 aromatic rings. The van der Waals surface area contributed by atoms with Gasteiger partial charge in [0.2, 0.25) is 0 Å². The maximum Gasteiger partial charge on any atom is 0.333 e. The van der Waals surface area contributed by atoms with Crippen LogP contribution in [0.3, 0.4) is 0 Å². The van der Waals surface area contributed by atoms with Gasteiger partial charge in [0, 0.05) is 5.57 Å². The second-order valence-corrected chi connectivity index (χ2v) is 4.01. The number of aliphatic hydroxyl groups is 1. The minimum atomic E-state index is -0.490. The number of esters is 1. The fourth-order valence-corrected chi connectivity index (χ4v) is 1.26. The second kappa shape index (κ2) is 6.81. The fourth-order valence-electron chi connectivity index (χ4n) is 1.26. The van der Waals surface area contributed by atoms with E-state index >= 15 is 0 Å². The Morgan fingerprint density at radius 1 is 1.33 bits per heavy atom. The third-order valence-corrected chi connectivity index (χ3v) is 2.30. The molecule has 98 valence electrons. The fraction of sp³-hybridized carbons (Fsp3) is 0.357. The number of rotatable bonds is 6. The highest BCUT2D eigenvalue weighted by atomic mass is 16.6. The molecule has 0 saturated heterocycles. The van der Waals surface area contributed by atoms with Gasteiger partial charge in [-0.2, -0.15) is 0 Å². The Morgan fingerprint density at radius 3 is 2.44 bits per heavy atom. The summed E-state index contributed by atoms with van der Waals surface area (Å²) in [5.41, 5.74) is 1.20. The minimum absolute atomic E-state index is 0.184. The molecule has 4 nitrogen and oxygen atoms in total. The molecule has 1 atom stereocenters. The van der Waals surface area contributed by atoms with Gasteiger partial charge >= 0.3 is 5.97 Å². The molecule has 18 heavy (non-hydrogen) atoms. The maximum absolute atomic E-state index is 11.1. The van der Waals surface area contributed by atoms with E-state index in [1.54, 1.807) is 38.1 Å². The van der Waals surface area contributed by atoms with E-state index in [0.717, 1.165) is 5.56 Å². The summed E-state index contributed by atoms with van der Waals surface area (Å²) in [5, 5.41) is 9.34. The first kappa shape index (κ1) is 14.3. The highest BCUT2D eigenvalue weighted by molar-refractivity contribution is 5.86. The summed E-state index contributed by atoms with van der Waals surface area (Å²) < 4.78 is 10.3. The Kier molecular flexibility index (Phi) is 5.39. The van der Waals surface area contributed by atoms with E-state index < -0.39 is 12.1 Å². The third-order valence-electron chi connectivity index (χ3n) is 2.30. The van der Waals surface area contributed by atoms with Crippen LogP contribution < -0.4 is 4.74 Å². The number of benzene rings is 1. The van der Waals surface area contributed by atoms with Gasteiger partial charge in [0.05, 0.1) is 6.10 Å². The summed E-state index contributed by atoms with van der Waals surface area (Å²) in [4.78, 5) is 11.1. The molecule has 0 aliphatic carbocycles. The van der Waals surface area contributed by atoms with Crippen LogP contribution in [0.15, 0.2) is 36.4 Å². The van der Waals surface area contributed by atoms with E-state index in [2.05, 4.69) is 6.58 Å². The molecule has 1 N–H and O–H groups in total. The molecular formula is C14H18O4. The van der Waals surface area contributed by atoms with Crippen molar-refractivity contribution in [2.45, 2.75) is 20.0 Å². The van der Waals surface area contributed by atoms with Crippen LogP contribution in [0.5, 0.6) is 5.75 Å². The number of carbonyl (C=O) groups excluding carboxylic acids is 1. The highest BCUT2D eigenvalue weighted by Gasteiger charge is 2.03. The second-order valence-electron chi connectivity index (χ2n) is 4.01. The Balaban J connectivity index is 2.31. The molecule has 0 amide bonds. The minimum Gasteiger partial charge on any atom is -0.490 e. The standard InChI is InChI=1S/C14H18O4/c1-10(2)14(16)18-9-8-17-13-6-4-12(5-7-13)11(3)15/h4-7,11,15H,1,8-9H2,2-3H3. The molecule has 4 heteroatoms.